The predicted octanol–water partition coefficient (Wildman–Crippen LogP) is 2.23. The third kappa shape index (κ3) is 3.56. The number of amides is 1. The first kappa shape index (κ1) is 19.4. The number of esters is 1. The number of methoxy groups -OCH3 is 1. The number of benzene rings is 1. The zero-order chi connectivity index (χ0) is 20.5. The monoisotopic (exact) mass is 384 g/mol. The number of hydrogen-bond donors (Lipinski definition) is 1. The molecule has 28 heavy (non-hydrogen) atoms. The number of rotatable bonds is 4. The number of anilines is 1. The molecule has 9 nitrogen and oxygen atoms in total. The number of carbonyl (C=O) groups excluding carboxylic acids is 2. The van der Waals surface area contributed by atoms with Gasteiger partial charge in [-0.05, 0) is 45.0 Å². The van der Waals surface area contributed by atoms with Crippen molar-refractivity contribution in [2.24, 2.45) is 4.99 Å². The molecule has 0 saturated heterocycles. The summed E-state index contributed by atoms with van der Waals surface area (Å²) in [5, 5.41) is 0. The number of aromatic nitrogens is 2. The van der Waals surface area contributed by atoms with Gasteiger partial charge in [-0.15, -0.1) is 0 Å². The lowest BCUT2D eigenvalue weighted by atomic mass is 10.1. The van der Waals surface area contributed by atoms with Crippen LogP contribution in [0.15, 0.2) is 35.6 Å². The van der Waals surface area contributed by atoms with E-state index in [4.69, 9.17) is 15.2 Å². The number of nitrogens with zero attached hydrogens (tertiary/aromatic N) is 4. The minimum atomic E-state index is -0.700. The Morgan fingerprint density at radius 2 is 1.82 bits per heavy atom. The highest BCUT2D eigenvalue weighted by Crippen LogP contribution is 2.40. The highest BCUT2D eigenvalue weighted by molar-refractivity contribution is 6.16. The average Bonchev–Trinajstić information content (AvgIpc) is 3.00. The summed E-state index contributed by atoms with van der Waals surface area (Å²) in [6, 6.07) is 6.57. The molecule has 1 atom stereocenters. The van der Waals surface area contributed by atoms with Crippen LogP contribution in [0, 0.1) is 0 Å². The Kier molecular flexibility index (Phi) is 4.86. The molecule has 0 fully saturated rings. The van der Waals surface area contributed by atoms with Crippen molar-refractivity contribution in [1.82, 2.24) is 14.5 Å². The molecule has 2 N–H and O–H groups in total. The highest BCUT2D eigenvalue weighted by atomic mass is 16.6. The first-order valence-electron chi connectivity index (χ1n) is 8.61. The molecule has 0 radical (unpaired) electrons. The molecule has 0 spiro atoms. The van der Waals surface area contributed by atoms with Crippen LogP contribution in [-0.2, 0) is 9.53 Å². The molecule has 0 aliphatic carbocycles. The topological polar surface area (TPSA) is 117 Å². The smallest absolute Gasteiger partial charge is 0.363 e. The van der Waals surface area contributed by atoms with Crippen molar-refractivity contribution in [3.8, 4) is 5.75 Å². The van der Waals surface area contributed by atoms with E-state index in [1.807, 2.05) is 0 Å². The molecule has 3 rings (SSSR count). The van der Waals surface area contributed by atoms with E-state index in [-0.39, 0.29) is 23.9 Å². The number of nitrogens with two attached hydrogens (primary N) is 1. The summed E-state index contributed by atoms with van der Waals surface area (Å²) in [6.07, 6.45) is 2.60. The van der Waals surface area contributed by atoms with E-state index in [2.05, 4.69) is 15.0 Å². The fraction of sp³-hybridized carbons (Fsp3) is 0.316. The van der Waals surface area contributed by atoms with Crippen LogP contribution in [0.25, 0.3) is 0 Å². The summed E-state index contributed by atoms with van der Waals surface area (Å²) >= 11 is 0. The van der Waals surface area contributed by atoms with E-state index < -0.39 is 22.0 Å². The standard InChI is InChI=1S/C19H22N5O4/c1-19(2,3)28-14(25)9-24(11-23-15-16(20)21-10-22-17(15)24)18(26)12-5-7-13(27-4)8-6-12/h5-8,10-11H,9H2,1-4H3,(H2,20,21,22)/q+1. The summed E-state index contributed by atoms with van der Waals surface area (Å²) in [6.45, 7) is 4.96. The van der Waals surface area contributed by atoms with Crippen LogP contribution < -0.4 is 15.0 Å². The lowest BCUT2D eigenvalue weighted by molar-refractivity contribution is -0.154. The Bertz CT molecular complexity index is 950. The average molecular weight is 384 g/mol. The second-order valence-electron chi connectivity index (χ2n) is 7.32. The minimum Gasteiger partial charge on any atom is -0.497 e. The van der Waals surface area contributed by atoms with Crippen LogP contribution >= 0.6 is 0 Å². The Morgan fingerprint density at radius 3 is 2.43 bits per heavy atom. The normalized spacial score (nSPS) is 17.9. The maximum Gasteiger partial charge on any atom is 0.363 e. The van der Waals surface area contributed by atoms with Gasteiger partial charge >= 0.3 is 11.9 Å². The zero-order valence-electron chi connectivity index (χ0n) is 16.2. The van der Waals surface area contributed by atoms with E-state index in [1.165, 1.54) is 19.8 Å². The van der Waals surface area contributed by atoms with Crippen molar-refractivity contribution in [3.05, 3.63) is 36.2 Å². The van der Waals surface area contributed by atoms with Crippen molar-refractivity contribution in [1.29, 1.82) is 0 Å². The van der Waals surface area contributed by atoms with Crippen LogP contribution in [0.2, 0.25) is 0 Å². The van der Waals surface area contributed by atoms with Crippen molar-refractivity contribution < 1.29 is 19.1 Å². The van der Waals surface area contributed by atoms with Gasteiger partial charge in [0.05, 0.1) is 12.7 Å². The van der Waals surface area contributed by atoms with E-state index in [9.17, 15) is 9.59 Å². The third-order valence-corrected chi connectivity index (χ3v) is 4.09. The van der Waals surface area contributed by atoms with Crippen LogP contribution in [0.1, 0.15) is 31.1 Å². The molecule has 1 aliphatic rings. The lowest BCUT2D eigenvalue weighted by Gasteiger charge is -2.27. The van der Waals surface area contributed by atoms with Gasteiger partial charge in [0.25, 0.3) is 5.82 Å². The van der Waals surface area contributed by atoms with Crippen molar-refractivity contribution >= 4 is 35.5 Å². The largest absolute Gasteiger partial charge is 0.497 e. The van der Waals surface area contributed by atoms with Gasteiger partial charge in [-0.1, -0.05) is 0 Å². The first-order chi connectivity index (χ1) is 13.2. The van der Waals surface area contributed by atoms with Gasteiger partial charge < -0.3 is 15.2 Å². The molecule has 1 aromatic heterocycles. The van der Waals surface area contributed by atoms with Gasteiger partial charge in [-0.25, -0.2) is 14.6 Å². The Hall–Kier alpha value is -3.33. The van der Waals surface area contributed by atoms with Gasteiger partial charge in [0.15, 0.2) is 18.1 Å². The van der Waals surface area contributed by atoms with Crippen LogP contribution in [0.4, 0.5) is 17.3 Å². The molecule has 1 amide bonds. The van der Waals surface area contributed by atoms with Gasteiger partial charge in [0.2, 0.25) is 6.34 Å². The maximum atomic E-state index is 13.5. The van der Waals surface area contributed by atoms with Crippen LogP contribution in [0.3, 0.4) is 0 Å². The number of aliphatic imine (C=N–C) groups is 1. The second-order valence-corrected chi connectivity index (χ2v) is 7.32. The predicted molar refractivity (Wildman–Crippen MR) is 104 cm³/mol. The molecule has 2 aromatic rings. The first-order valence-corrected chi connectivity index (χ1v) is 8.61. The van der Waals surface area contributed by atoms with Crippen molar-refractivity contribution in [2.45, 2.75) is 26.4 Å². The number of ether oxygens (including phenoxy) is 2. The Morgan fingerprint density at radius 1 is 1.14 bits per heavy atom. The second kappa shape index (κ2) is 7.01. The summed E-state index contributed by atoms with van der Waals surface area (Å²) in [7, 11) is 1.54. The molecule has 2 heterocycles. The molecule has 1 unspecified atom stereocenters. The maximum absolute atomic E-state index is 13.5. The molecular weight excluding hydrogens is 362 g/mol. The number of carbonyl (C=O) groups is 2. The molecule has 9 heteroatoms. The van der Waals surface area contributed by atoms with E-state index in [0.717, 1.165) is 0 Å². The number of nitrogen functional groups attached to an aromatic ring is 1. The highest BCUT2D eigenvalue weighted by Gasteiger charge is 2.49. The molecule has 1 aliphatic heterocycles. The van der Waals surface area contributed by atoms with Gasteiger partial charge in [-0.2, -0.15) is 14.5 Å². The molecule has 0 bridgehead atoms. The number of quaternary nitrogens is 1. The summed E-state index contributed by atoms with van der Waals surface area (Å²) in [5.74, 6) is 0.0180. The zero-order valence-corrected chi connectivity index (χ0v) is 16.2. The molecule has 146 valence electrons. The number of fused-ring (bicyclic) bond motifs is 1. The van der Waals surface area contributed by atoms with E-state index in [0.29, 0.717) is 11.3 Å². The van der Waals surface area contributed by atoms with Gasteiger partial charge in [0, 0.05) is 0 Å². The van der Waals surface area contributed by atoms with E-state index >= 15 is 0 Å². The summed E-state index contributed by atoms with van der Waals surface area (Å²) < 4.78 is 10.0. The quantitative estimate of drug-likeness (QED) is 0.634. The lowest BCUT2D eigenvalue weighted by Crippen LogP contribution is -2.56. The fourth-order valence-electron chi connectivity index (χ4n) is 2.89. The van der Waals surface area contributed by atoms with Crippen molar-refractivity contribution in [2.75, 3.05) is 19.4 Å². The van der Waals surface area contributed by atoms with Crippen LogP contribution in [0.5, 0.6) is 5.75 Å². The Balaban J connectivity index is 2.06. The minimum absolute atomic E-state index is 0.132. The van der Waals surface area contributed by atoms with Crippen molar-refractivity contribution in [3.63, 3.8) is 0 Å². The Labute approximate surface area is 162 Å². The van der Waals surface area contributed by atoms with Gasteiger partial charge in [-0.3, -0.25) is 0 Å². The molecule has 0 saturated carbocycles. The third-order valence-electron chi connectivity index (χ3n) is 4.09. The van der Waals surface area contributed by atoms with E-state index in [1.54, 1.807) is 45.0 Å². The summed E-state index contributed by atoms with van der Waals surface area (Å²) in [4.78, 5) is 38.4. The molecule has 1 aromatic carbocycles. The van der Waals surface area contributed by atoms with Crippen LogP contribution in [-0.4, -0.2) is 47.4 Å². The summed E-state index contributed by atoms with van der Waals surface area (Å²) in [5.41, 5.74) is 5.82. The number of hydrogen-bond acceptors (Lipinski definition) is 8. The SMILES string of the molecule is COc1ccc(C(=O)[N+]2(CC(=O)OC(C)(C)C)C=Nc3c(N)ncnc32)cc1. The fourth-order valence-corrected chi connectivity index (χ4v) is 2.89. The van der Waals surface area contributed by atoms with Gasteiger partial charge in [0.1, 0.15) is 17.7 Å². The molecular formula is C19H22N5O4+.